The molecule has 1 aromatic rings. The van der Waals surface area contributed by atoms with Crippen molar-refractivity contribution in [1.82, 2.24) is 19.6 Å². The van der Waals surface area contributed by atoms with E-state index in [-0.39, 0.29) is 10.0 Å². The highest BCUT2D eigenvalue weighted by Gasteiger charge is 2.40. The van der Waals surface area contributed by atoms with Gasteiger partial charge >= 0.3 is 0 Å². The number of aromatic amines is 1. The summed E-state index contributed by atoms with van der Waals surface area (Å²) in [6.45, 7) is 3.38. The molecule has 21 heavy (non-hydrogen) atoms. The third-order valence-corrected chi connectivity index (χ3v) is 5.71. The summed E-state index contributed by atoms with van der Waals surface area (Å²) in [5, 5.41) is 0.0499. The molecule has 1 aliphatic heterocycles. The molecule has 0 aromatic carbocycles. The fourth-order valence-corrected chi connectivity index (χ4v) is 4.07. The van der Waals surface area contributed by atoms with Gasteiger partial charge in [0.2, 0.25) is 0 Å². The van der Waals surface area contributed by atoms with E-state index in [1.807, 2.05) is 14.0 Å². The molecule has 0 amide bonds. The van der Waals surface area contributed by atoms with E-state index in [0.717, 1.165) is 13.1 Å². The fourth-order valence-electron chi connectivity index (χ4n) is 2.37. The van der Waals surface area contributed by atoms with Crippen LogP contribution in [0.2, 0.25) is 0 Å². The number of sulfonamides is 1. The number of nitrogens with two attached hydrogens (primary N) is 1. The zero-order valence-electron chi connectivity index (χ0n) is 12.2. The first-order valence-corrected chi connectivity index (χ1v) is 8.74. The summed E-state index contributed by atoms with van der Waals surface area (Å²) in [6, 6.07) is 0. The Labute approximate surface area is 130 Å². The minimum Gasteiger partial charge on any atom is -0.392 e. The number of rotatable bonds is 5. The highest BCUT2D eigenvalue weighted by Crippen LogP contribution is 2.24. The molecule has 2 rings (SSSR count). The van der Waals surface area contributed by atoms with Crippen LogP contribution in [0.5, 0.6) is 0 Å². The molecule has 2 heterocycles. The van der Waals surface area contributed by atoms with Gasteiger partial charge in [-0.25, -0.2) is 13.4 Å². The molecule has 0 saturated carbocycles. The number of nitrogens with one attached hydrogen (secondary N) is 2. The van der Waals surface area contributed by atoms with Crippen molar-refractivity contribution < 1.29 is 8.42 Å². The zero-order valence-corrected chi connectivity index (χ0v) is 13.9. The summed E-state index contributed by atoms with van der Waals surface area (Å²) in [4.78, 5) is 9.14. The van der Waals surface area contributed by atoms with Crippen LogP contribution in [-0.4, -0.2) is 54.0 Å². The Kier molecular flexibility index (Phi) is 4.66. The molecule has 1 fully saturated rings. The topological polar surface area (TPSA) is 104 Å². The Morgan fingerprint density at radius 2 is 2.19 bits per heavy atom. The predicted octanol–water partition coefficient (Wildman–Crippen LogP) is 0.000900. The number of hydrogen-bond acceptors (Lipinski definition) is 5. The number of aryl methyl sites for hydroxylation is 1. The summed E-state index contributed by atoms with van der Waals surface area (Å²) in [5.41, 5.74) is 4.96. The largest absolute Gasteiger partial charge is 0.392 e. The van der Waals surface area contributed by atoms with Gasteiger partial charge in [0.1, 0.15) is 5.82 Å². The molecule has 0 atom stereocenters. The summed E-state index contributed by atoms with van der Waals surface area (Å²) in [5.74, 6) is 0.628. The second-order valence-corrected chi connectivity index (χ2v) is 7.49. The molecule has 7 nitrogen and oxygen atoms in total. The SMILES string of the molecule is CCc1ncc(S(=O)(=O)NC2(C(N)=S)CCN(C)CC2)[nH]1. The van der Waals surface area contributed by atoms with Crippen molar-refractivity contribution >= 4 is 27.2 Å². The maximum atomic E-state index is 12.5. The van der Waals surface area contributed by atoms with Gasteiger partial charge in [0.25, 0.3) is 10.0 Å². The lowest BCUT2D eigenvalue weighted by atomic mass is 9.89. The van der Waals surface area contributed by atoms with Gasteiger partial charge in [-0.2, -0.15) is 4.72 Å². The van der Waals surface area contributed by atoms with Crippen LogP contribution in [-0.2, 0) is 16.4 Å². The highest BCUT2D eigenvalue weighted by molar-refractivity contribution is 7.89. The van der Waals surface area contributed by atoms with Gasteiger partial charge in [-0.05, 0) is 19.9 Å². The Bertz CT molecular complexity index is 617. The number of H-pyrrole nitrogens is 1. The molecule has 0 bridgehead atoms. The minimum absolute atomic E-state index is 0.0499. The molecule has 1 aromatic heterocycles. The van der Waals surface area contributed by atoms with Crippen LogP contribution in [0.3, 0.4) is 0 Å². The minimum atomic E-state index is -3.72. The smallest absolute Gasteiger partial charge is 0.258 e. The van der Waals surface area contributed by atoms with E-state index >= 15 is 0 Å². The summed E-state index contributed by atoms with van der Waals surface area (Å²) in [6.07, 6.45) is 3.09. The monoisotopic (exact) mass is 331 g/mol. The molecule has 0 radical (unpaired) electrons. The van der Waals surface area contributed by atoms with Crippen LogP contribution in [0.4, 0.5) is 0 Å². The molecule has 0 spiro atoms. The van der Waals surface area contributed by atoms with E-state index in [2.05, 4.69) is 19.6 Å². The third-order valence-electron chi connectivity index (χ3n) is 3.87. The Hall–Kier alpha value is -1.03. The van der Waals surface area contributed by atoms with E-state index in [0.29, 0.717) is 25.1 Å². The number of thiocarbonyl (C=S) groups is 1. The standard InChI is InChI=1S/C12H21N5O2S2/c1-3-9-14-8-10(15-9)21(18,19)16-12(11(13)20)4-6-17(2)7-5-12/h8,16H,3-7H2,1-2H3,(H2,13,20)(H,14,15). The van der Waals surface area contributed by atoms with Gasteiger partial charge in [0.05, 0.1) is 16.7 Å². The fraction of sp³-hybridized carbons (Fsp3) is 0.667. The summed E-state index contributed by atoms with van der Waals surface area (Å²) in [7, 11) is -1.74. The number of piperidine rings is 1. The summed E-state index contributed by atoms with van der Waals surface area (Å²) >= 11 is 5.12. The van der Waals surface area contributed by atoms with Crippen LogP contribution < -0.4 is 10.5 Å². The lowest BCUT2D eigenvalue weighted by molar-refractivity contribution is 0.220. The zero-order chi connectivity index (χ0) is 15.7. The van der Waals surface area contributed by atoms with Crippen LogP contribution in [0, 0.1) is 0 Å². The van der Waals surface area contributed by atoms with Gasteiger partial charge in [-0.15, -0.1) is 0 Å². The van der Waals surface area contributed by atoms with Crippen molar-refractivity contribution in [3.05, 3.63) is 12.0 Å². The molecule has 0 unspecified atom stereocenters. The van der Waals surface area contributed by atoms with E-state index in [4.69, 9.17) is 18.0 Å². The van der Waals surface area contributed by atoms with Gasteiger partial charge in [0, 0.05) is 19.5 Å². The second-order valence-electron chi connectivity index (χ2n) is 5.40. The van der Waals surface area contributed by atoms with Crippen LogP contribution in [0.1, 0.15) is 25.6 Å². The van der Waals surface area contributed by atoms with Crippen molar-refractivity contribution in [1.29, 1.82) is 0 Å². The van der Waals surface area contributed by atoms with E-state index in [1.54, 1.807) is 0 Å². The van der Waals surface area contributed by atoms with Crippen molar-refractivity contribution in [2.24, 2.45) is 5.73 Å². The van der Waals surface area contributed by atoms with Gasteiger partial charge in [-0.3, -0.25) is 0 Å². The number of imidazole rings is 1. The Balaban J connectivity index is 2.26. The quantitative estimate of drug-likeness (QED) is 0.656. The van der Waals surface area contributed by atoms with Crippen molar-refractivity contribution in [2.45, 2.75) is 36.8 Å². The first-order valence-electron chi connectivity index (χ1n) is 6.85. The van der Waals surface area contributed by atoms with E-state index in [9.17, 15) is 8.42 Å². The number of likely N-dealkylation sites (tertiary alicyclic amines) is 1. The van der Waals surface area contributed by atoms with E-state index in [1.165, 1.54) is 6.20 Å². The normalized spacial score (nSPS) is 19.5. The highest BCUT2D eigenvalue weighted by atomic mass is 32.2. The number of aromatic nitrogens is 2. The first-order chi connectivity index (χ1) is 9.79. The van der Waals surface area contributed by atoms with Crippen molar-refractivity contribution in [2.75, 3.05) is 20.1 Å². The second kappa shape index (κ2) is 5.99. The third kappa shape index (κ3) is 3.42. The molecule has 4 N–H and O–H groups in total. The number of nitrogens with zero attached hydrogens (tertiary/aromatic N) is 2. The first kappa shape index (κ1) is 16.3. The molecule has 1 saturated heterocycles. The van der Waals surface area contributed by atoms with Gasteiger partial charge < -0.3 is 15.6 Å². The molecule has 0 aliphatic carbocycles. The molecule has 9 heteroatoms. The van der Waals surface area contributed by atoms with Crippen molar-refractivity contribution in [3.63, 3.8) is 0 Å². The number of hydrogen-bond donors (Lipinski definition) is 3. The molecule has 118 valence electrons. The lowest BCUT2D eigenvalue weighted by Crippen LogP contribution is -2.61. The summed E-state index contributed by atoms with van der Waals surface area (Å²) < 4.78 is 27.7. The average Bonchev–Trinajstić information content (AvgIpc) is 2.91. The van der Waals surface area contributed by atoms with Crippen LogP contribution >= 0.6 is 12.2 Å². The molecular weight excluding hydrogens is 310 g/mol. The molecular formula is C12H21N5O2S2. The van der Waals surface area contributed by atoms with Gasteiger partial charge in [0.15, 0.2) is 5.03 Å². The van der Waals surface area contributed by atoms with Crippen LogP contribution in [0.25, 0.3) is 0 Å². The van der Waals surface area contributed by atoms with Crippen LogP contribution in [0.15, 0.2) is 11.2 Å². The Morgan fingerprint density at radius 3 is 2.67 bits per heavy atom. The average molecular weight is 331 g/mol. The Morgan fingerprint density at radius 1 is 1.57 bits per heavy atom. The predicted molar refractivity (Wildman–Crippen MR) is 84.5 cm³/mol. The maximum Gasteiger partial charge on any atom is 0.258 e. The van der Waals surface area contributed by atoms with Crippen molar-refractivity contribution in [3.8, 4) is 0 Å². The lowest BCUT2D eigenvalue weighted by Gasteiger charge is -2.39. The maximum absolute atomic E-state index is 12.5. The van der Waals surface area contributed by atoms with E-state index < -0.39 is 15.6 Å². The molecule has 1 aliphatic rings. The van der Waals surface area contributed by atoms with Gasteiger partial charge in [-0.1, -0.05) is 19.1 Å².